The van der Waals surface area contributed by atoms with E-state index in [-0.39, 0.29) is 11.6 Å². The van der Waals surface area contributed by atoms with Crippen molar-refractivity contribution < 1.29 is 9.18 Å². The summed E-state index contributed by atoms with van der Waals surface area (Å²) in [7, 11) is 1.90. The van der Waals surface area contributed by atoms with Crippen LogP contribution in [0.25, 0.3) is 0 Å². The third kappa shape index (κ3) is 5.29. The Hall–Kier alpha value is -1.71. The van der Waals surface area contributed by atoms with E-state index in [1.165, 1.54) is 12.1 Å². The Morgan fingerprint density at radius 2 is 1.62 bits per heavy atom. The van der Waals surface area contributed by atoms with Gasteiger partial charge < -0.3 is 0 Å². The zero-order valence-corrected chi connectivity index (χ0v) is 12.6. The number of hydrogen-bond acceptors (Lipinski definition) is 2. The van der Waals surface area contributed by atoms with E-state index in [2.05, 4.69) is 0 Å². The first-order chi connectivity index (χ1) is 10.0. The maximum absolute atomic E-state index is 12.8. The highest BCUT2D eigenvalue weighted by molar-refractivity contribution is 6.30. The molecule has 21 heavy (non-hydrogen) atoms. The fraction of sp³-hybridized carbons (Fsp3) is 0.235. The molecule has 0 radical (unpaired) electrons. The van der Waals surface area contributed by atoms with Crippen LogP contribution in [0.15, 0.2) is 48.5 Å². The summed E-state index contributed by atoms with van der Waals surface area (Å²) in [5, 5.41) is 0.703. The molecule has 110 valence electrons. The van der Waals surface area contributed by atoms with E-state index >= 15 is 0 Å². The van der Waals surface area contributed by atoms with E-state index in [9.17, 15) is 9.18 Å². The summed E-state index contributed by atoms with van der Waals surface area (Å²) in [6, 6.07) is 13.6. The molecular weight excluding hydrogens is 289 g/mol. The van der Waals surface area contributed by atoms with Crippen LogP contribution in [0, 0.1) is 5.82 Å². The molecule has 0 N–H and O–H groups in total. The van der Waals surface area contributed by atoms with E-state index in [0.717, 1.165) is 11.1 Å². The first kappa shape index (κ1) is 15.7. The molecule has 0 aromatic heterocycles. The molecule has 0 unspecified atom stereocenters. The first-order valence-electron chi connectivity index (χ1n) is 6.72. The second-order valence-electron chi connectivity index (χ2n) is 5.14. The number of carbonyl (C=O) groups excluding carboxylic acids is 1. The summed E-state index contributed by atoms with van der Waals surface area (Å²) in [5.41, 5.74) is 1.94. The summed E-state index contributed by atoms with van der Waals surface area (Å²) in [6.07, 6.45) is 0.325. The van der Waals surface area contributed by atoms with Crippen LogP contribution in [0.4, 0.5) is 4.39 Å². The van der Waals surface area contributed by atoms with Crippen molar-refractivity contribution in [1.29, 1.82) is 0 Å². The number of likely N-dealkylation sites (N-methyl/N-ethyl adjacent to an activating group) is 1. The first-order valence-corrected chi connectivity index (χ1v) is 7.10. The number of carbonyl (C=O) groups is 1. The van der Waals surface area contributed by atoms with Crippen LogP contribution in [-0.2, 0) is 17.8 Å². The van der Waals surface area contributed by atoms with E-state index < -0.39 is 0 Å². The minimum absolute atomic E-state index is 0.109. The Bertz CT molecular complexity index is 595. The molecule has 0 saturated carbocycles. The van der Waals surface area contributed by atoms with Gasteiger partial charge in [0.15, 0.2) is 5.78 Å². The smallest absolute Gasteiger partial charge is 0.151 e. The molecule has 0 atom stereocenters. The van der Waals surface area contributed by atoms with Gasteiger partial charge in [0.1, 0.15) is 5.82 Å². The highest BCUT2D eigenvalue weighted by Crippen LogP contribution is 2.11. The Morgan fingerprint density at radius 3 is 2.24 bits per heavy atom. The summed E-state index contributed by atoms with van der Waals surface area (Å²) in [4.78, 5) is 13.9. The molecule has 0 aliphatic rings. The fourth-order valence-corrected chi connectivity index (χ4v) is 2.27. The van der Waals surface area contributed by atoms with Gasteiger partial charge in [-0.05, 0) is 42.4 Å². The minimum Gasteiger partial charge on any atom is -0.298 e. The van der Waals surface area contributed by atoms with Gasteiger partial charge in [-0.15, -0.1) is 0 Å². The molecule has 0 aliphatic carbocycles. The number of Topliss-reactive ketones (excluding diaryl/α,β-unsaturated/α-hetero) is 1. The predicted molar refractivity (Wildman–Crippen MR) is 82.9 cm³/mol. The molecule has 0 bridgehead atoms. The number of rotatable bonds is 6. The highest BCUT2D eigenvalue weighted by Gasteiger charge is 2.08. The van der Waals surface area contributed by atoms with Gasteiger partial charge in [-0.3, -0.25) is 9.69 Å². The van der Waals surface area contributed by atoms with Crippen molar-refractivity contribution in [2.24, 2.45) is 0 Å². The van der Waals surface area contributed by atoms with Crippen LogP contribution in [-0.4, -0.2) is 24.3 Å². The normalized spacial score (nSPS) is 10.9. The SMILES string of the molecule is CN(CC(=O)Cc1ccc(F)cc1)Cc1ccc(Cl)cc1. The van der Waals surface area contributed by atoms with Gasteiger partial charge in [0.2, 0.25) is 0 Å². The van der Waals surface area contributed by atoms with Gasteiger partial charge in [-0.2, -0.15) is 0 Å². The number of benzene rings is 2. The molecule has 2 rings (SSSR count). The van der Waals surface area contributed by atoms with E-state index in [1.807, 2.05) is 36.2 Å². The van der Waals surface area contributed by atoms with Crippen molar-refractivity contribution in [2.45, 2.75) is 13.0 Å². The predicted octanol–water partition coefficient (Wildman–Crippen LogP) is 3.72. The van der Waals surface area contributed by atoms with E-state index in [1.54, 1.807) is 12.1 Å². The monoisotopic (exact) mass is 305 g/mol. The van der Waals surface area contributed by atoms with Crippen LogP contribution in [0.5, 0.6) is 0 Å². The summed E-state index contributed by atoms with van der Waals surface area (Å²) in [5.74, 6) is -0.177. The lowest BCUT2D eigenvalue weighted by molar-refractivity contribution is -0.119. The van der Waals surface area contributed by atoms with Crippen LogP contribution in [0.3, 0.4) is 0 Å². The molecule has 0 saturated heterocycles. The molecule has 0 spiro atoms. The zero-order chi connectivity index (χ0) is 15.2. The fourth-order valence-electron chi connectivity index (χ4n) is 2.14. The summed E-state index contributed by atoms with van der Waals surface area (Å²) >= 11 is 5.84. The van der Waals surface area contributed by atoms with Crippen molar-refractivity contribution in [3.8, 4) is 0 Å². The topological polar surface area (TPSA) is 20.3 Å². The molecular formula is C17H17ClFNO. The van der Waals surface area contributed by atoms with Crippen LogP contribution >= 0.6 is 11.6 Å². The van der Waals surface area contributed by atoms with E-state index in [0.29, 0.717) is 24.5 Å². The van der Waals surface area contributed by atoms with Gasteiger partial charge >= 0.3 is 0 Å². The van der Waals surface area contributed by atoms with Crippen molar-refractivity contribution in [3.63, 3.8) is 0 Å². The Kier molecular flexibility index (Phi) is 5.48. The second-order valence-corrected chi connectivity index (χ2v) is 5.58. The van der Waals surface area contributed by atoms with Crippen LogP contribution < -0.4 is 0 Å². The maximum Gasteiger partial charge on any atom is 0.151 e. The largest absolute Gasteiger partial charge is 0.298 e. The molecule has 4 heteroatoms. The van der Waals surface area contributed by atoms with E-state index in [4.69, 9.17) is 11.6 Å². The quantitative estimate of drug-likeness (QED) is 0.810. The second kappa shape index (κ2) is 7.34. The third-order valence-electron chi connectivity index (χ3n) is 3.13. The van der Waals surface area contributed by atoms with Gasteiger partial charge in [0.05, 0.1) is 6.54 Å². The summed E-state index contributed by atoms with van der Waals surface area (Å²) < 4.78 is 12.8. The lowest BCUT2D eigenvalue weighted by Gasteiger charge is -2.16. The molecule has 0 aliphatic heterocycles. The van der Waals surface area contributed by atoms with Crippen LogP contribution in [0.1, 0.15) is 11.1 Å². The summed E-state index contributed by atoms with van der Waals surface area (Å²) in [6.45, 7) is 1.05. The van der Waals surface area contributed by atoms with Gasteiger partial charge in [0, 0.05) is 18.0 Å². The molecule has 2 nitrogen and oxygen atoms in total. The Balaban J connectivity index is 1.84. The van der Waals surface area contributed by atoms with Crippen molar-refractivity contribution >= 4 is 17.4 Å². The lowest BCUT2D eigenvalue weighted by atomic mass is 10.1. The van der Waals surface area contributed by atoms with Crippen molar-refractivity contribution in [1.82, 2.24) is 4.90 Å². The molecule has 2 aromatic rings. The maximum atomic E-state index is 12.8. The lowest BCUT2D eigenvalue weighted by Crippen LogP contribution is -2.26. The standard InChI is InChI=1S/C17H17ClFNO/c1-20(11-14-2-6-15(18)7-3-14)12-17(21)10-13-4-8-16(19)9-5-13/h2-9H,10-12H2,1H3. The molecule has 0 fully saturated rings. The zero-order valence-electron chi connectivity index (χ0n) is 11.9. The molecule has 0 heterocycles. The average Bonchev–Trinajstić information content (AvgIpc) is 2.44. The highest BCUT2D eigenvalue weighted by atomic mass is 35.5. The van der Waals surface area contributed by atoms with Gasteiger partial charge in [-0.1, -0.05) is 35.9 Å². The molecule has 0 amide bonds. The number of nitrogens with zero attached hydrogens (tertiary/aromatic N) is 1. The van der Waals surface area contributed by atoms with Gasteiger partial charge in [0.25, 0.3) is 0 Å². The number of hydrogen-bond donors (Lipinski definition) is 0. The average molecular weight is 306 g/mol. The third-order valence-corrected chi connectivity index (χ3v) is 3.38. The van der Waals surface area contributed by atoms with Gasteiger partial charge in [-0.25, -0.2) is 4.39 Å². The van der Waals surface area contributed by atoms with Crippen molar-refractivity contribution in [2.75, 3.05) is 13.6 Å². The Morgan fingerprint density at radius 1 is 1.05 bits per heavy atom. The molecule has 2 aromatic carbocycles. The van der Waals surface area contributed by atoms with Crippen LogP contribution in [0.2, 0.25) is 5.02 Å². The number of halogens is 2. The van der Waals surface area contributed by atoms with Crippen molar-refractivity contribution in [3.05, 3.63) is 70.5 Å². The minimum atomic E-state index is -0.286. The number of ketones is 1. The Labute approximate surface area is 129 Å².